The molecule has 1 rings (SSSR count). The molecule has 66 valence electrons. The summed E-state index contributed by atoms with van der Waals surface area (Å²) in [6.45, 7) is 0.171. The minimum absolute atomic E-state index is 0.171. The molecular formula is C9H7NO3. The molecule has 0 radical (unpaired) electrons. The van der Waals surface area contributed by atoms with E-state index in [2.05, 4.69) is 4.99 Å². The molecule has 0 amide bonds. The van der Waals surface area contributed by atoms with Crippen LogP contribution in [0.1, 0.15) is 15.9 Å². The van der Waals surface area contributed by atoms with E-state index in [-0.39, 0.29) is 12.1 Å². The summed E-state index contributed by atoms with van der Waals surface area (Å²) in [5.74, 6) is -0.989. The van der Waals surface area contributed by atoms with E-state index in [0.717, 1.165) is 0 Å². The fraction of sp³-hybridized carbons (Fsp3) is 0.111. The maximum absolute atomic E-state index is 10.5. The summed E-state index contributed by atoms with van der Waals surface area (Å²) < 4.78 is 0. The van der Waals surface area contributed by atoms with Crippen molar-refractivity contribution in [1.29, 1.82) is 0 Å². The van der Waals surface area contributed by atoms with Crippen molar-refractivity contribution in [2.45, 2.75) is 6.54 Å². The number of rotatable bonds is 3. The highest BCUT2D eigenvalue weighted by Crippen LogP contribution is 2.05. The van der Waals surface area contributed by atoms with E-state index in [1.165, 1.54) is 18.2 Å². The van der Waals surface area contributed by atoms with E-state index < -0.39 is 5.97 Å². The maximum Gasteiger partial charge on any atom is 0.335 e. The number of carboxylic acids is 1. The molecule has 0 aliphatic heterocycles. The second kappa shape index (κ2) is 4.18. The number of aromatic carboxylic acids is 1. The van der Waals surface area contributed by atoms with Gasteiger partial charge in [0.1, 0.15) is 0 Å². The van der Waals surface area contributed by atoms with Gasteiger partial charge in [0.2, 0.25) is 6.08 Å². The van der Waals surface area contributed by atoms with E-state index >= 15 is 0 Å². The minimum atomic E-state index is -0.989. The Labute approximate surface area is 74.5 Å². The number of carbonyl (C=O) groups excluding carboxylic acids is 1. The molecule has 0 aliphatic rings. The molecule has 0 aliphatic carbocycles. The molecule has 1 aromatic carbocycles. The Bertz CT molecular complexity index is 367. The predicted octanol–water partition coefficient (Wildman–Crippen LogP) is 1.22. The molecule has 0 saturated heterocycles. The van der Waals surface area contributed by atoms with Gasteiger partial charge in [-0.15, -0.1) is 0 Å². The first-order valence-electron chi connectivity index (χ1n) is 3.60. The van der Waals surface area contributed by atoms with E-state index in [0.29, 0.717) is 5.56 Å². The summed E-state index contributed by atoms with van der Waals surface area (Å²) in [7, 11) is 0. The molecular weight excluding hydrogens is 170 g/mol. The predicted molar refractivity (Wildman–Crippen MR) is 45.2 cm³/mol. The van der Waals surface area contributed by atoms with Crippen molar-refractivity contribution in [3.05, 3.63) is 35.4 Å². The molecule has 0 aromatic heterocycles. The van der Waals surface area contributed by atoms with E-state index in [1.807, 2.05) is 0 Å². The summed E-state index contributed by atoms with van der Waals surface area (Å²) in [6.07, 6.45) is 1.39. The van der Waals surface area contributed by atoms with E-state index in [1.54, 1.807) is 12.1 Å². The number of isocyanates is 1. The van der Waals surface area contributed by atoms with Gasteiger partial charge < -0.3 is 5.11 Å². The number of hydrogen-bond donors (Lipinski definition) is 1. The van der Waals surface area contributed by atoms with Crippen LogP contribution in [-0.4, -0.2) is 17.2 Å². The van der Waals surface area contributed by atoms with Gasteiger partial charge in [0, 0.05) is 0 Å². The zero-order chi connectivity index (χ0) is 9.68. The maximum atomic E-state index is 10.5. The normalized spacial score (nSPS) is 8.92. The SMILES string of the molecule is O=C=NCc1cccc(C(=O)O)c1. The van der Waals surface area contributed by atoms with Crippen molar-refractivity contribution in [3.8, 4) is 0 Å². The molecule has 4 nitrogen and oxygen atoms in total. The molecule has 4 heteroatoms. The molecule has 0 fully saturated rings. The van der Waals surface area contributed by atoms with Crippen LogP contribution in [0.2, 0.25) is 0 Å². The lowest BCUT2D eigenvalue weighted by Gasteiger charge is -1.96. The second-order valence-electron chi connectivity index (χ2n) is 2.41. The third-order valence-electron chi connectivity index (χ3n) is 1.50. The topological polar surface area (TPSA) is 66.7 Å². The van der Waals surface area contributed by atoms with Crippen molar-refractivity contribution in [2.24, 2.45) is 4.99 Å². The van der Waals surface area contributed by atoms with Gasteiger partial charge in [-0.25, -0.2) is 14.6 Å². The van der Waals surface area contributed by atoms with Crippen LogP contribution in [0.5, 0.6) is 0 Å². The number of hydrogen-bond acceptors (Lipinski definition) is 3. The number of carbonyl (C=O) groups is 1. The first-order valence-corrected chi connectivity index (χ1v) is 3.60. The quantitative estimate of drug-likeness (QED) is 0.557. The second-order valence-corrected chi connectivity index (χ2v) is 2.41. The Kier molecular flexibility index (Phi) is 2.95. The molecule has 0 heterocycles. The summed E-state index contributed by atoms with van der Waals surface area (Å²) in [5, 5.41) is 8.63. The molecule has 0 spiro atoms. The zero-order valence-corrected chi connectivity index (χ0v) is 6.73. The molecule has 0 saturated carbocycles. The smallest absolute Gasteiger partial charge is 0.335 e. The lowest BCUT2D eigenvalue weighted by Crippen LogP contribution is -1.96. The summed E-state index contributed by atoms with van der Waals surface area (Å²) in [4.78, 5) is 23.7. The van der Waals surface area contributed by atoms with Crippen LogP contribution in [0.25, 0.3) is 0 Å². The first-order chi connectivity index (χ1) is 6.24. The van der Waals surface area contributed by atoms with Crippen LogP contribution in [0.15, 0.2) is 29.3 Å². The van der Waals surface area contributed by atoms with Crippen LogP contribution in [-0.2, 0) is 11.3 Å². The fourth-order valence-corrected chi connectivity index (χ4v) is 0.926. The molecule has 0 unspecified atom stereocenters. The van der Waals surface area contributed by atoms with Crippen molar-refractivity contribution < 1.29 is 14.7 Å². The molecule has 1 N–H and O–H groups in total. The van der Waals surface area contributed by atoms with Gasteiger partial charge in [-0.2, -0.15) is 0 Å². The molecule has 0 bridgehead atoms. The van der Waals surface area contributed by atoms with Crippen molar-refractivity contribution in [3.63, 3.8) is 0 Å². The van der Waals surface area contributed by atoms with Crippen LogP contribution in [0.3, 0.4) is 0 Å². The van der Waals surface area contributed by atoms with Crippen molar-refractivity contribution in [1.82, 2.24) is 0 Å². The molecule has 0 atom stereocenters. The first kappa shape index (κ1) is 9.16. The van der Waals surface area contributed by atoms with Gasteiger partial charge in [0.05, 0.1) is 12.1 Å². The largest absolute Gasteiger partial charge is 0.478 e. The van der Waals surface area contributed by atoms with Crippen molar-refractivity contribution in [2.75, 3.05) is 0 Å². The van der Waals surface area contributed by atoms with Crippen LogP contribution in [0, 0.1) is 0 Å². The fourth-order valence-electron chi connectivity index (χ4n) is 0.926. The Morgan fingerprint density at radius 2 is 2.31 bits per heavy atom. The van der Waals surface area contributed by atoms with Crippen LogP contribution >= 0.6 is 0 Å². The summed E-state index contributed by atoms with van der Waals surface area (Å²) in [6, 6.07) is 6.27. The van der Waals surface area contributed by atoms with E-state index in [4.69, 9.17) is 5.11 Å². The van der Waals surface area contributed by atoms with Gasteiger partial charge in [0.25, 0.3) is 0 Å². The molecule has 1 aromatic rings. The third kappa shape index (κ3) is 2.54. The summed E-state index contributed by atoms with van der Waals surface area (Å²) >= 11 is 0. The Hall–Kier alpha value is -1.93. The number of benzene rings is 1. The zero-order valence-electron chi connectivity index (χ0n) is 6.73. The lowest BCUT2D eigenvalue weighted by atomic mass is 10.1. The highest BCUT2D eigenvalue weighted by Gasteiger charge is 2.01. The van der Waals surface area contributed by atoms with Gasteiger partial charge >= 0.3 is 5.97 Å². The van der Waals surface area contributed by atoms with Crippen LogP contribution in [0.4, 0.5) is 0 Å². The average Bonchev–Trinajstić information content (AvgIpc) is 2.15. The number of carboxylic acid groups (broad SMARTS) is 1. The van der Waals surface area contributed by atoms with Gasteiger partial charge in [-0.1, -0.05) is 12.1 Å². The Morgan fingerprint density at radius 1 is 1.54 bits per heavy atom. The lowest BCUT2D eigenvalue weighted by molar-refractivity contribution is 0.0697. The highest BCUT2D eigenvalue weighted by atomic mass is 16.4. The average molecular weight is 177 g/mol. The Morgan fingerprint density at radius 3 is 2.92 bits per heavy atom. The highest BCUT2D eigenvalue weighted by molar-refractivity contribution is 5.87. The Balaban J connectivity index is 2.91. The standard InChI is InChI=1S/C9H7NO3/c11-6-10-5-7-2-1-3-8(4-7)9(12)13/h1-4H,5H2,(H,12,13). The van der Waals surface area contributed by atoms with Gasteiger partial charge in [-0.3, -0.25) is 0 Å². The number of nitrogens with zero attached hydrogens (tertiary/aromatic N) is 1. The molecule has 13 heavy (non-hydrogen) atoms. The van der Waals surface area contributed by atoms with Gasteiger partial charge in [-0.05, 0) is 17.7 Å². The van der Waals surface area contributed by atoms with E-state index in [9.17, 15) is 9.59 Å². The summed E-state index contributed by atoms with van der Waals surface area (Å²) in [5.41, 5.74) is 0.877. The monoisotopic (exact) mass is 177 g/mol. The third-order valence-corrected chi connectivity index (χ3v) is 1.50. The van der Waals surface area contributed by atoms with Crippen molar-refractivity contribution >= 4 is 12.0 Å². The van der Waals surface area contributed by atoms with Crippen LogP contribution < -0.4 is 0 Å². The van der Waals surface area contributed by atoms with Gasteiger partial charge in [0.15, 0.2) is 0 Å². The number of aliphatic imine (C=N–C) groups is 1. The minimum Gasteiger partial charge on any atom is -0.478 e.